The van der Waals surface area contributed by atoms with Gasteiger partial charge in [0.2, 0.25) is 0 Å². The van der Waals surface area contributed by atoms with Crippen LogP contribution < -0.4 is 4.74 Å². The van der Waals surface area contributed by atoms with Crippen LogP contribution in [0.1, 0.15) is 34.6 Å². The molecule has 100 valence electrons. The van der Waals surface area contributed by atoms with Gasteiger partial charge < -0.3 is 4.74 Å². The van der Waals surface area contributed by atoms with Crippen molar-refractivity contribution in [2.75, 3.05) is 7.11 Å². The molecule has 0 spiro atoms. The molecule has 2 unspecified atom stereocenters. The van der Waals surface area contributed by atoms with Gasteiger partial charge in [0.15, 0.2) is 0 Å². The van der Waals surface area contributed by atoms with Crippen LogP contribution in [-0.2, 0) is 5.41 Å². The summed E-state index contributed by atoms with van der Waals surface area (Å²) in [5, 5.41) is 0. The molecule has 2 aromatic carbocycles. The Bertz CT molecular complexity index is 713. The van der Waals surface area contributed by atoms with E-state index < -0.39 is 0 Å². The molecule has 4 rings (SSSR count). The summed E-state index contributed by atoms with van der Waals surface area (Å²) in [7, 11) is 1.75. The summed E-state index contributed by atoms with van der Waals surface area (Å²) in [6.45, 7) is 2.17. The molecular weight excluding hydrogens is 244 g/mol. The van der Waals surface area contributed by atoms with Crippen molar-refractivity contribution in [1.82, 2.24) is 0 Å². The lowest BCUT2D eigenvalue weighted by atomic mass is 9.84. The van der Waals surface area contributed by atoms with Crippen molar-refractivity contribution < 1.29 is 4.74 Å². The zero-order valence-electron chi connectivity index (χ0n) is 11.9. The summed E-state index contributed by atoms with van der Waals surface area (Å²) >= 11 is 0. The molecule has 0 aliphatic heterocycles. The van der Waals surface area contributed by atoms with Crippen molar-refractivity contribution >= 4 is 6.08 Å². The molecule has 1 fully saturated rings. The SMILES string of the molecule is COc1cccc2c1C=CC1(c3cccc(C)c3)CC21. The van der Waals surface area contributed by atoms with E-state index in [0.717, 1.165) is 5.75 Å². The van der Waals surface area contributed by atoms with Crippen molar-refractivity contribution in [1.29, 1.82) is 0 Å². The van der Waals surface area contributed by atoms with Gasteiger partial charge in [-0.1, -0.05) is 54.1 Å². The topological polar surface area (TPSA) is 9.23 Å². The van der Waals surface area contributed by atoms with Gasteiger partial charge in [0.25, 0.3) is 0 Å². The molecule has 0 bridgehead atoms. The van der Waals surface area contributed by atoms with Crippen LogP contribution in [0.2, 0.25) is 0 Å². The van der Waals surface area contributed by atoms with Gasteiger partial charge in [-0.05, 0) is 36.5 Å². The van der Waals surface area contributed by atoms with E-state index in [2.05, 4.69) is 55.5 Å². The van der Waals surface area contributed by atoms with Gasteiger partial charge in [0.1, 0.15) is 5.75 Å². The molecule has 1 saturated carbocycles. The zero-order chi connectivity index (χ0) is 13.7. The van der Waals surface area contributed by atoms with Crippen LogP contribution in [0.5, 0.6) is 5.75 Å². The standard InChI is InChI=1S/C19H18O/c1-13-5-3-6-14(11-13)19-10-9-16-15(17(19)12-19)7-4-8-18(16)20-2/h3-11,17H,12H2,1-2H3. The number of ether oxygens (including phenoxy) is 1. The third kappa shape index (κ3) is 1.49. The quantitative estimate of drug-likeness (QED) is 0.776. The first-order valence-corrected chi connectivity index (χ1v) is 7.18. The Balaban J connectivity index is 1.82. The molecule has 0 amide bonds. The number of aryl methyl sites for hydroxylation is 1. The summed E-state index contributed by atoms with van der Waals surface area (Å²) in [5.74, 6) is 1.60. The molecule has 0 aromatic heterocycles. The summed E-state index contributed by atoms with van der Waals surface area (Å²) in [6, 6.07) is 15.3. The van der Waals surface area contributed by atoms with Gasteiger partial charge in [-0.15, -0.1) is 0 Å². The smallest absolute Gasteiger partial charge is 0.126 e. The van der Waals surface area contributed by atoms with Crippen LogP contribution in [-0.4, -0.2) is 7.11 Å². The molecule has 20 heavy (non-hydrogen) atoms. The first-order valence-electron chi connectivity index (χ1n) is 7.18. The molecule has 2 atom stereocenters. The molecule has 0 radical (unpaired) electrons. The van der Waals surface area contributed by atoms with Crippen LogP contribution in [0.25, 0.3) is 6.08 Å². The van der Waals surface area contributed by atoms with E-state index >= 15 is 0 Å². The van der Waals surface area contributed by atoms with E-state index in [1.54, 1.807) is 7.11 Å². The minimum atomic E-state index is 0.228. The molecular formula is C19H18O. The molecule has 2 aliphatic carbocycles. The molecule has 0 N–H and O–H groups in total. The number of hydrogen-bond acceptors (Lipinski definition) is 1. The number of allylic oxidation sites excluding steroid dienone is 1. The fourth-order valence-electron chi connectivity index (χ4n) is 3.65. The largest absolute Gasteiger partial charge is 0.496 e. The predicted octanol–water partition coefficient (Wildman–Crippen LogP) is 4.46. The van der Waals surface area contributed by atoms with Crippen molar-refractivity contribution in [3.8, 4) is 5.75 Å². The molecule has 0 saturated heterocycles. The highest BCUT2D eigenvalue weighted by Crippen LogP contribution is 2.65. The van der Waals surface area contributed by atoms with Crippen LogP contribution in [0.3, 0.4) is 0 Å². The average Bonchev–Trinajstić information content (AvgIpc) is 3.23. The summed E-state index contributed by atoms with van der Waals surface area (Å²) < 4.78 is 5.49. The van der Waals surface area contributed by atoms with Crippen LogP contribution >= 0.6 is 0 Å². The summed E-state index contributed by atoms with van der Waals surface area (Å²) in [5.41, 5.74) is 5.72. The third-order valence-electron chi connectivity index (χ3n) is 4.80. The first kappa shape index (κ1) is 11.8. The zero-order valence-corrected chi connectivity index (χ0v) is 11.9. The minimum Gasteiger partial charge on any atom is -0.496 e. The molecule has 1 heteroatoms. The Hall–Kier alpha value is -2.02. The van der Waals surface area contributed by atoms with E-state index in [0.29, 0.717) is 5.92 Å². The molecule has 2 aliphatic rings. The number of rotatable bonds is 2. The fourth-order valence-corrected chi connectivity index (χ4v) is 3.65. The van der Waals surface area contributed by atoms with Gasteiger partial charge in [-0.25, -0.2) is 0 Å². The Kier molecular flexibility index (Phi) is 2.35. The van der Waals surface area contributed by atoms with Crippen molar-refractivity contribution in [3.63, 3.8) is 0 Å². The maximum absolute atomic E-state index is 5.49. The average molecular weight is 262 g/mol. The Morgan fingerprint density at radius 3 is 2.80 bits per heavy atom. The van der Waals surface area contributed by atoms with Gasteiger partial charge in [-0.2, -0.15) is 0 Å². The molecule has 0 heterocycles. The highest BCUT2D eigenvalue weighted by molar-refractivity contribution is 5.71. The maximum Gasteiger partial charge on any atom is 0.126 e. The Labute approximate surface area is 119 Å². The van der Waals surface area contributed by atoms with E-state index in [1.807, 2.05) is 6.07 Å². The number of fused-ring (bicyclic) bond motifs is 3. The maximum atomic E-state index is 5.49. The van der Waals surface area contributed by atoms with Crippen LogP contribution in [0.4, 0.5) is 0 Å². The number of hydrogen-bond donors (Lipinski definition) is 0. The number of benzene rings is 2. The minimum absolute atomic E-state index is 0.228. The van der Waals surface area contributed by atoms with Gasteiger partial charge in [0.05, 0.1) is 7.11 Å². The molecule has 1 nitrogen and oxygen atoms in total. The van der Waals surface area contributed by atoms with Gasteiger partial charge >= 0.3 is 0 Å². The van der Waals surface area contributed by atoms with Crippen molar-refractivity contribution in [3.05, 3.63) is 70.8 Å². The summed E-state index contributed by atoms with van der Waals surface area (Å²) in [4.78, 5) is 0. The van der Waals surface area contributed by atoms with E-state index in [-0.39, 0.29) is 5.41 Å². The fraction of sp³-hybridized carbons (Fsp3) is 0.263. The second-order valence-electron chi connectivity index (χ2n) is 5.96. The summed E-state index contributed by atoms with van der Waals surface area (Å²) in [6.07, 6.45) is 5.85. The van der Waals surface area contributed by atoms with Crippen LogP contribution in [0.15, 0.2) is 48.5 Å². The van der Waals surface area contributed by atoms with Crippen LogP contribution in [0, 0.1) is 6.92 Å². The lowest BCUT2D eigenvalue weighted by Crippen LogP contribution is -2.10. The second-order valence-corrected chi connectivity index (χ2v) is 5.96. The van der Waals surface area contributed by atoms with Crippen molar-refractivity contribution in [2.45, 2.75) is 24.7 Å². The Morgan fingerprint density at radius 1 is 1.15 bits per heavy atom. The molecule has 2 aromatic rings. The lowest BCUT2D eigenvalue weighted by Gasteiger charge is -2.21. The number of methoxy groups -OCH3 is 1. The second kappa shape index (κ2) is 3.99. The van der Waals surface area contributed by atoms with E-state index in [9.17, 15) is 0 Å². The Morgan fingerprint density at radius 2 is 2.00 bits per heavy atom. The first-order chi connectivity index (χ1) is 9.74. The lowest BCUT2D eigenvalue weighted by molar-refractivity contribution is 0.413. The highest BCUT2D eigenvalue weighted by Gasteiger charge is 2.56. The van der Waals surface area contributed by atoms with E-state index in [1.165, 1.54) is 28.7 Å². The predicted molar refractivity (Wildman–Crippen MR) is 82.2 cm³/mol. The monoisotopic (exact) mass is 262 g/mol. The van der Waals surface area contributed by atoms with E-state index in [4.69, 9.17) is 4.74 Å². The third-order valence-corrected chi connectivity index (χ3v) is 4.80. The normalized spacial score (nSPS) is 25.8. The highest BCUT2D eigenvalue weighted by atomic mass is 16.5. The van der Waals surface area contributed by atoms with Gasteiger partial charge in [-0.3, -0.25) is 0 Å². The van der Waals surface area contributed by atoms with Gasteiger partial charge in [0, 0.05) is 11.0 Å². The van der Waals surface area contributed by atoms with Crippen molar-refractivity contribution in [2.24, 2.45) is 0 Å².